The molecule has 2 aromatic rings. The van der Waals surface area contributed by atoms with E-state index in [1.165, 1.54) is 24.9 Å². The molecule has 0 aromatic carbocycles. The van der Waals surface area contributed by atoms with Gasteiger partial charge in [0.1, 0.15) is 11.3 Å². The van der Waals surface area contributed by atoms with Crippen molar-refractivity contribution in [1.82, 2.24) is 15.4 Å². The molecule has 2 aliphatic carbocycles. The topological polar surface area (TPSA) is 103 Å². The minimum Gasteiger partial charge on any atom is -0.452 e. The number of carbonyl (C=O) groups is 2. The molecule has 2 atom stereocenters. The highest BCUT2D eigenvalue weighted by Gasteiger charge is 2.60. The first-order valence-electron chi connectivity index (χ1n) is 10.4. The molecule has 8 nitrogen and oxygen atoms in total. The number of esters is 1. The lowest BCUT2D eigenvalue weighted by atomic mass is 9.70. The van der Waals surface area contributed by atoms with E-state index in [2.05, 4.69) is 41.3 Å². The van der Waals surface area contributed by atoms with E-state index >= 15 is 0 Å². The van der Waals surface area contributed by atoms with Crippen molar-refractivity contribution in [2.75, 3.05) is 6.61 Å². The molecule has 0 aliphatic heterocycles. The van der Waals surface area contributed by atoms with Crippen molar-refractivity contribution >= 4 is 17.6 Å². The molecule has 2 saturated carbocycles. The monoisotopic (exact) mass is 422 g/mol. The molecular formula is C23H26N4O4. The van der Waals surface area contributed by atoms with Gasteiger partial charge in [0, 0.05) is 23.5 Å². The number of amides is 1. The second-order valence-electron chi connectivity index (χ2n) is 8.81. The quantitative estimate of drug-likeness (QED) is 0.562. The summed E-state index contributed by atoms with van der Waals surface area (Å²) in [6.45, 7) is 6.32. The van der Waals surface area contributed by atoms with Crippen molar-refractivity contribution in [1.29, 1.82) is 0 Å². The molecule has 2 aromatic heterocycles. The van der Waals surface area contributed by atoms with Crippen LogP contribution in [0.25, 0.3) is 0 Å². The molecule has 1 N–H and O–H groups in total. The first-order chi connectivity index (χ1) is 14.8. The number of pyridine rings is 2. The molecular weight excluding hydrogens is 396 g/mol. The lowest BCUT2D eigenvalue weighted by molar-refractivity contribution is -0.124. The van der Waals surface area contributed by atoms with Gasteiger partial charge in [0.05, 0.1) is 6.20 Å². The third-order valence-corrected chi connectivity index (χ3v) is 7.00. The number of carbonyl (C=O) groups excluding carboxylic acids is 2. The van der Waals surface area contributed by atoms with Crippen molar-refractivity contribution in [2.45, 2.75) is 40.0 Å². The van der Waals surface area contributed by atoms with Crippen LogP contribution in [0, 0.1) is 16.7 Å². The maximum Gasteiger partial charge on any atom is 0.344 e. The summed E-state index contributed by atoms with van der Waals surface area (Å²) >= 11 is 0. The Morgan fingerprint density at radius 1 is 1.23 bits per heavy atom. The smallest absolute Gasteiger partial charge is 0.344 e. The van der Waals surface area contributed by atoms with Crippen LogP contribution in [0.5, 0.6) is 11.6 Å². The lowest BCUT2D eigenvalue weighted by Crippen LogP contribution is -2.35. The average Bonchev–Trinajstić information content (AvgIpc) is 3.10. The fourth-order valence-electron chi connectivity index (χ4n) is 4.62. The summed E-state index contributed by atoms with van der Waals surface area (Å²) in [5.41, 5.74) is 3.86. The molecule has 0 saturated heterocycles. The minimum absolute atomic E-state index is 0.00410. The van der Waals surface area contributed by atoms with Gasteiger partial charge in [-0.25, -0.2) is 15.2 Å². The highest BCUT2D eigenvalue weighted by molar-refractivity contribution is 5.96. The highest BCUT2D eigenvalue weighted by atomic mass is 16.5. The summed E-state index contributed by atoms with van der Waals surface area (Å²) in [6, 6.07) is 6.52. The first-order valence-corrected chi connectivity index (χ1v) is 10.4. The Morgan fingerprint density at radius 2 is 2.03 bits per heavy atom. The van der Waals surface area contributed by atoms with Crippen LogP contribution in [0.15, 0.2) is 48.0 Å². The third kappa shape index (κ3) is 3.89. The van der Waals surface area contributed by atoms with Gasteiger partial charge in [-0.2, -0.15) is 5.10 Å². The second kappa shape index (κ2) is 8.09. The highest BCUT2D eigenvalue weighted by Crippen LogP contribution is 2.63. The molecule has 2 unspecified atom stereocenters. The van der Waals surface area contributed by atoms with Gasteiger partial charge >= 0.3 is 5.97 Å². The minimum atomic E-state index is -0.706. The Hall–Kier alpha value is -3.29. The SMILES string of the molecule is CC12CCC(C/C1=N/NC(=O)COC(=O)c1cccnc1Oc1cccnc1)C2(C)C. The molecule has 2 aliphatic rings. The summed E-state index contributed by atoms with van der Waals surface area (Å²) in [5.74, 6) is -0.0781. The Kier molecular flexibility index (Phi) is 5.47. The number of aromatic nitrogens is 2. The van der Waals surface area contributed by atoms with Crippen LogP contribution in [0.2, 0.25) is 0 Å². The average molecular weight is 422 g/mol. The molecule has 2 fully saturated rings. The van der Waals surface area contributed by atoms with Crippen LogP contribution in [-0.2, 0) is 9.53 Å². The van der Waals surface area contributed by atoms with E-state index in [4.69, 9.17) is 9.47 Å². The zero-order chi connectivity index (χ0) is 22.1. The van der Waals surface area contributed by atoms with Gasteiger partial charge in [0.15, 0.2) is 6.61 Å². The molecule has 0 spiro atoms. The molecule has 8 heteroatoms. The van der Waals surface area contributed by atoms with E-state index in [0.29, 0.717) is 11.7 Å². The van der Waals surface area contributed by atoms with Gasteiger partial charge in [-0.05, 0) is 54.9 Å². The van der Waals surface area contributed by atoms with E-state index in [1.54, 1.807) is 24.4 Å². The summed E-state index contributed by atoms with van der Waals surface area (Å²) in [6.07, 6.45) is 7.79. The molecule has 31 heavy (non-hydrogen) atoms. The van der Waals surface area contributed by atoms with Gasteiger partial charge in [-0.1, -0.05) is 20.8 Å². The van der Waals surface area contributed by atoms with E-state index in [0.717, 1.165) is 18.6 Å². The molecule has 2 heterocycles. The number of ether oxygens (including phenoxy) is 2. The molecule has 4 rings (SSSR count). The second-order valence-corrected chi connectivity index (χ2v) is 8.81. The standard InChI is InChI=1S/C23H26N4O4/c1-22(2)15-8-9-23(22,3)18(12-15)26-27-19(28)14-30-21(29)17-7-5-11-25-20(17)31-16-6-4-10-24-13-16/h4-7,10-11,13,15H,8-9,12,14H2,1-3H3,(H,27,28)/b26-18-. The molecule has 0 radical (unpaired) electrons. The predicted molar refractivity (Wildman–Crippen MR) is 114 cm³/mol. The molecule has 162 valence electrons. The molecule has 1 amide bonds. The van der Waals surface area contributed by atoms with Gasteiger partial charge < -0.3 is 9.47 Å². The number of rotatable bonds is 6. The Balaban J connectivity index is 1.35. The number of hydrogen-bond acceptors (Lipinski definition) is 7. The van der Waals surface area contributed by atoms with E-state index in [9.17, 15) is 9.59 Å². The van der Waals surface area contributed by atoms with Crippen molar-refractivity contribution in [3.8, 4) is 11.6 Å². The number of hydrazone groups is 1. The normalized spacial score (nSPS) is 24.7. The van der Waals surface area contributed by atoms with E-state index in [-0.39, 0.29) is 22.3 Å². The Bertz CT molecular complexity index is 1020. The predicted octanol–water partition coefficient (Wildman–Crippen LogP) is 3.74. The summed E-state index contributed by atoms with van der Waals surface area (Å²) in [7, 11) is 0. The van der Waals surface area contributed by atoms with Crippen molar-refractivity contribution in [3.63, 3.8) is 0 Å². The first kappa shape index (κ1) is 21.0. The zero-order valence-electron chi connectivity index (χ0n) is 17.9. The maximum absolute atomic E-state index is 12.5. The zero-order valence-corrected chi connectivity index (χ0v) is 17.9. The van der Waals surface area contributed by atoms with E-state index < -0.39 is 18.5 Å². The van der Waals surface area contributed by atoms with Gasteiger partial charge in [0.25, 0.3) is 5.91 Å². The number of nitrogens with zero attached hydrogens (tertiary/aromatic N) is 3. The fraction of sp³-hybridized carbons (Fsp3) is 0.435. The lowest BCUT2D eigenvalue weighted by Gasteiger charge is -2.34. The van der Waals surface area contributed by atoms with E-state index in [1.807, 2.05) is 0 Å². The summed E-state index contributed by atoms with van der Waals surface area (Å²) in [4.78, 5) is 32.8. The third-order valence-electron chi connectivity index (χ3n) is 7.00. The van der Waals surface area contributed by atoms with Crippen molar-refractivity contribution < 1.29 is 19.1 Å². The van der Waals surface area contributed by atoms with Crippen LogP contribution in [0.1, 0.15) is 50.4 Å². The fourth-order valence-corrected chi connectivity index (χ4v) is 4.62. The summed E-state index contributed by atoms with van der Waals surface area (Å²) < 4.78 is 10.8. The van der Waals surface area contributed by atoms with Crippen LogP contribution >= 0.6 is 0 Å². The maximum atomic E-state index is 12.5. The Morgan fingerprint density at radius 3 is 2.71 bits per heavy atom. The van der Waals surface area contributed by atoms with Crippen LogP contribution < -0.4 is 10.2 Å². The van der Waals surface area contributed by atoms with Crippen LogP contribution in [-0.4, -0.2) is 34.2 Å². The van der Waals surface area contributed by atoms with Crippen molar-refractivity contribution in [3.05, 3.63) is 48.4 Å². The number of hydrogen-bond donors (Lipinski definition) is 1. The van der Waals surface area contributed by atoms with Crippen molar-refractivity contribution in [2.24, 2.45) is 21.8 Å². The summed E-state index contributed by atoms with van der Waals surface area (Å²) in [5, 5.41) is 4.38. The number of fused-ring (bicyclic) bond motifs is 2. The Labute approximate surface area is 181 Å². The van der Waals surface area contributed by atoms with Crippen LogP contribution in [0.4, 0.5) is 0 Å². The van der Waals surface area contributed by atoms with Gasteiger partial charge in [0.2, 0.25) is 5.88 Å². The van der Waals surface area contributed by atoms with Crippen LogP contribution in [0.3, 0.4) is 0 Å². The number of nitrogens with one attached hydrogen (secondary N) is 1. The van der Waals surface area contributed by atoms with Gasteiger partial charge in [-0.3, -0.25) is 9.78 Å². The largest absolute Gasteiger partial charge is 0.452 e. The molecule has 2 bridgehead atoms. The van der Waals surface area contributed by atoms with Gasteiger partial charge in [-0.15, -0.1) is 0 Å².